The van der Waals surface area contributed by atoms with E-state index in [4.69, 9.17) is 4.74 Å². The largest absolute Gasteiger partial charge is 0.497 e. The van der Waals surface area contributed by atoms with Gasteiger partial charge in [0.1, 0.15) is 11.4 Å². The second-order valence-electron chi connectivity index (χ2n) is 5.12. The lowest BCUT2D eigenvalue weighted by atomic mass is 9.95. The van der Waals surface area contributed by atoms with Gasteiger partial charge in [0.25, 0.3) is 0 Å². The Hall–Kier alpha value is -2.36. The van der Waals surface area contributed by atoms with Crippen LogP contribution in [0, 0.1) is 0 Å². The maximum atomic E-state index is 5.35. The van der Waals surface area contributed by atoms with Crippen molar-refractivity contribution in [2.24, 2.45) is 7.05 Å². The Labute approximate surface area is 117 Å². The number of hydrogen-bond acceptors (Lipinski definition) is 3. The van der Waals surface area contributed by atoms with E-state index in [9.17, 15) is 0 Å². The molecule has 4 rings (SSSR count). The molecule has 0 radical (unpaired) electrons. The van der Waals surface area contributed by atoms with Crippen LogP contribution < -0.4 is 4.74 Å². The number of aromatic nitrogens is 3. The molecular weight excluding hydrogens is 250 g/mol. The summed E-state index contributed by atoms with van der Waals surface area (Å²) in [5, 5.41) is 1.26. The van der Waals surface area contributed by atoms with Gasteiger partial charge in [0.2, 0.25) is 0 Å². The van der Waals surface area contributed by atoms with E-state index in [1.54, 1.807) is 19.5 Å². The van der Waals surface area contributed by atoms with Crippen molar-refractivity contribution in [3.05, 3.63) is 41.9 Å². The predicted octanol–water partition coefficient (Wildman–Crippen LogP) is 2.74. The third-order valence-corrected chi connectivity index (χ3v) is 4.12. The number of hydrogen-bond donors (Lipinski definition) is 0. The highest BCUT2D eigenvalue weighted by Gasteiger charge is 2.24. The quantitative estimate of drug-likeness (QED) is 0.679. The molecule has 0 spiro atoms. The molecule has 0 atom stereocenters. The van der Waals surface area contributed by atoms with Crippen molar-refractivity contribution in [3.8, 4) is 17.1 Å². The molecule has 0 saturated heterocycles. The second-order valence-corrected chi connectivity index (χ2v) is 5.12. The minimum Gasteiger partial charge on any atom is -0.497 e. The molecule has 0 unspecified atom stereocenters. The van der Waals surface area contributed by atoms with Gasteiger partial charge in [-0.1, -0.05) is 0 Å². The van der Waals surface area contributed by atoms with Crippen LogP contribution in [0.25, 0.3) is 22.3 Å². The molecule has 0 amide bonds. The number of benzene rings is 1. The number of aryl methyl sites for hydroxylation is 3. The van der Waals surface area contributed by atoms with Gasteiger partial charge in [0, 0.05) is 30.3 Å². The zero-order chi connectivity index (χ0) is 13.7. The number of methoxy groups -OCH3 is 1. The monoisotopic (exact) mass is 265 g/mol. The van der Waals surface area contributed by atoms with Crippen LogP contribution in [0.15, 0.2) is 30.6 Å². The average molecular weight is 265 g/mol. The standard InChI is InChI=1S/C16H15N3O/c1-19-14-6-3-10(20-2)9-12(14)11-4-5-13-15(16(11)19)18-8-7-17-13/h3,6-9H,4-5H2,1-2H3. The Morgan fingerprint density at radius 3 is 2.85 bits per heavy atom. The van der Waals surface area contributed by atoms with Crippen LogP contribution in [-0.2, 0) is 19.9 Å². The molecule has 0 fully saturated rings. The Morgan fingerprint density at radius 2 is 2.00 bits per heavy atom. The maximum absolute atomic E-state index is 5.35. The van der Waals surface area contributed by atoms with Crippen molar-refractivity contribution in [2.75, 3.05) is 7.11 Å². The lowest BCUT2D eigenvalue weighted by Crippen LogP contribution is -2.08. The zero-order valence-corrected chi connectivity index (χ0v) is 11.6. The van der Waals surface area contributed by atoms with E-state index < -0.39 is 0 Å². The Kier molecular flexibility index (Phi) is 2.33. The van der Waals surface area contributed by atoms with Crippen molar-refractivity contribution in [2.45, 2.75) is 12.8 Å². The zero-order valence-electron chi connectivity index (χ0n) is 11.6. The van der Waals surface area contributed by atoms with Gasteiger partial charge in [-0.05, 0) is 36.6 Å². The van der Waals surface area contributed by atoms with Crippen molar-refractivity contribution >= 4 is 10.9 Å². The normalized spacial score (nSPS) is 13.1. The number of fused-ring (bicyclic) bond motifs is 5. The number of rotatable bonds is 1. The Bertz CT molecular complexity index is 820. The predicted molar refractivity (Wildman–Crippen MR) is 77.9 cm³/mol. The molecule has 0 bridgehead atoms. The molecule has 2 aromatic heterocycles. The fourth-order valence-corrected chi connectivity index (χ4v) is 3.17. The Balaban J connectivity index is 2.09. The molecule has 1 aliphatic carbocycles. The third-order valence-electron chi connectivity index (χ3n) is 4.12. The van der Waals surface area contributed by atoms with Crippen LogP contribution in [0.4, 0.5) is 0 Å². The lowest BCUT2D eigenvalue weighted by Gasteiger charge is -2.15. The van der Waals surface area contributed by atoms with Crippen LogP contribution in [0.2, 0.25) is 0 Å². The molecule has 0 saturated carbocycles. The van der Waals surface area contributed by atoms with Gasteiger partial charge >= 0.3 is 0 Å². The van der Waals surface area contributed by atoms with Crippen molar-refractivity contribution < 1.29 is 4.74 Å². The Morgan fingerprint density at radius 1 is 1.15 bits per heavy atom. The van der Waals surface area contributed by atoms with E-state index in [0.717, 1.165) is 30.0 Å². The van der Waals surface area contributed by atoms with Crippen molar-refractivity contribution in [1.29, 1.82) is 0 Å². The highest BCUT2D eigenvalue weighted by molar-refractivity contribution is 5.93. The van der Waals surface area contributed by atoms with Gasteiger partial charge in [-0.25, -0.2) is 0 Å². The summed E-state index contributed by atoms with van der Waals surface area (Å²) in [5.41, 5.74) is 5.88. The molecule has 0 aliphatic heterocycles. The first kappa shape index (κ1) is 11.5. The van der Waals surface area contributed by atoms with Gasteiger partial charge in [-0.3, -0.25) is 9.97 Å². The molecule has 20 heavy (non-hydrogen) atoms. The summed E-state index contributed by atoms with van der Waals surface area (Å²) in [4.78, 5) is 9.01. The number of ether oxygens (including phenoxy) is 1. The smallest absolute Gasteiger partial charge is 0.119 e. The summed E-state index contributed by atoms with van der Waals surface area (Å²) in [6, 6.07) is 6.24. The molecule has 4 nitrogen and oxygen atoms in total. The first-order valence-corrected chi connectivity index (χ1v) is 6.75. The van der Waals surface area contributed by atoms with Crippen LogP contribution in [0.3, 0.4) is 0 Å². The molecular formula is C16H15N3O. The summed E-state index contributed by atoms with van der Waals surface area (Å²) in [7, 11) is 3.80. The summed E-state index contributed by atoms with van der Waals surface area (Å²) in [6.45, 7) is 0. The third kappa shape index (κ3) is 1.42. The molecule has 0 N–H and O–H groups in total. The summed E-state index contributed by atoms with van der Waals surface area (Å²) < 4.78 is 7.57. The summed E-state index contributed by atoms with van der Waals surface area (Å²) >= 11 is 0. The first-order chi connectivity index (χ1) is 9.79. The first-order valence-electron chi connectivity index (χ1n) is 6.75. The van der Waals surface area contributed by atoms with Gasteiger partial charge in [-0.15, -0.1) is 0 Å². The SMILES string of the molecule is COc1ccc2c(c1)c1c(n2C)-c2nccnc2CC1. The van der Waals surface area contributed by atoms with Gasteiger partial charge in [0.05, 0.1) is 18.5 Å². The molecule has 2 heterocycles. The van der Waals surface area contributed by atoms with Crippen LogP contribution in [0.1, 0.15) is 11.3 Å². The second kappa shape index (κ2) is 4.07. The number of nitrogens with zero attached hydrogens (tertiary/aromatic N) is 3. The molecule has 1 aromatic carbocycles. The fraction of sp³-hybridized carbons (Fsp3) is 0.250. The average Bonchev–Trinajstić information content (AvgIpc) is 2.80. The van der Waals surface area contributed by atoms with E-state index in [-0.39, 0.29) is 0 Å². The molecule has 3 aromatic rings. The van der Waals surface area contributed by atoms with Gasteiger partial charge < -0.3 is 9.30 Å². The van der Waals surface area contributed by atoms with Gasteiger partial charge in [0.15, 0.2) is 0 Å². The maximum Gasteiger partial charge on any atom is 0.119 e. The lowest BCUT2D eigenvalue weighted by molar-refractivity contribution is 0.415. The summed E-state index contributed by atoms with van der Waals surface area (Å²) in [6.07, 6.45) is 5.50. The molecule has 4 heteroatoms. The van der Waals surface area contributed by atoms with E-state index in [1.165, 1.54) is 22.2 Å². The van der Waals surface area contributed by atoms with Crippen molar-refractivity contribution in [3.63, 3.8) is 0 Å². The topological polar surface area (TPSA) is 39.9 Å². The minimum atomic E-state index is 0.899. The van der Waals surface area contributed by atoms with Gasteiger partial charge in [-0.2, -0.15) is 0 Å². The van der Waals surface area contributed by atoms with Crippen LogP contribution >= 0.6 is 0 Å². The molecule has 1 aliphatic rings. The minimum absolute atomic E-state index is 0.899. The van der Waals surface area contributed by atoms with E-state index in [2.05, 4.69) is 33.7 Å². The highest BCUT2D eigenvalue weighted by atomic mass is 16.5. The fourth-order valence-electron chi connectivity index (χ4n) is 3.17. The molecule has 100 valence electrons. The van der Waals surface area contributed by atoms with Crippen molar-refractivity contribution in [1.82, 2.24) is 14.5 Å². The van der Waals surface area contributed by atoms with Crippen LogP contribution in [-0.4, -0.2) is 21.6 Å². The highest BCUT2D eigenvalue weighted by Crippen LogP contribution is 2.38. The van der Waals surface area contributed by atoms with E-state index >= 15 is 0 Å². The van der Waals surface area contributed by atoms with E-state index in [0.29, 0.717) is 0 Å². The van der Waals surface area contributed by atoms with E-state index in [1.807, 2.05) is 6.07 Å². The van der Waals surface area contributed by atoms with Crippen LogP contribution in [0.5, 0.6) is 5.75 Å². The summed E-state index contributed by atoms with van der Waals surface area (Å²) in [5.74, 6) is 0.899.